The highest BCUT2D eigenvalue weighted by atomic mass is 79.9. The van der Waals surface area contributed by atoms with E-state index in [-0.39, 0.29) is 12.2 Å². The maximum Gasteiger partial charge on any atom is 0.335 e. The van der Waals surface area contributed by atoms with E-state index in [1.165, 1.54) is 12.1 Å². The Morgan fingerprint density at radius 1 is 1.03 bits per heavy atom. The Hall–Kier alpha value is -2.12. The number of benzene rings is 3. The molecule has 168 valence electrons. The molecule has 0 bridgehead atoms. The van der Waals surface area contributed by atoms with Crippen molar-refractivity contribution in [3.8, 4) is 11.5 Å². The van der Waals surface area contributed by atoms with Gasteiger partial charge in [-0.05, 0) is 70.9 Å². The van der Waals surface area contributed by atoms with E-state index < -0.39 is 5.97 Å². The second-order valence-electron chi connectivity index (χ2n) is 6.72. The van der Waals surface area contributed by atoms with E-state index >= 15 is 0 Å². The molecule has 0 saturated heterocycles. The van der Waals surface area contributed by atoms with Crippen LogP contribution in [0.2, 0.25) is 15.1 Å². The van der Waals surface area contributed by atoms with Gasteiger partial charge in [-0.25, -0.2) is 4.79 Å². The number of nitrogens with one attached hydrogen (secondary N) is 1. The molecule has 0 atom stereocenters. The molecule has 0 unspecified atom stereocenters. The molecule has 0 amide bonds. The first-order valence-corrected chi connectivity index (χ1v) is 11.5. The zero-order chi connectivity index (χ0) is 23.3. The minimum atomic E-state index is -1.02. The van der Waals surface area contributed by atoms with Gasteiger partial charge in [-0.1, -0.05) is 40.9 Å². The highest BCUT2D eigenvalue weighted by Gasteiger charge is 2.14. The van der Waals surface area contributed by atoms with E-state index in [9.17, 15) is 9.90 Å². The van der Waals surface area contributed by atoms with Crippen LogP contribution in [0.4, 0.5) is 5.69 Å². The summed E-state index contributed by atoms with van der Waals surface area (Å²) in [6, 6.07) is 13.5. The van der Waals surface area contributed by atoms with Gasteiger partial charge >= 0.3 is 5.97 Å². The molecule has 0 aliphatic heterocycles. The molecular formula is C23H19BrCl3NO4. The first kappa shape index (κ1) is 24.5. The average molecular weight is 560 g/mol. The number of hydrogen-bond donors (Lipinski definition) is 2. The second kappa shape index (κ2) is 11.1. The SMILES string of the molecule is CCOc1cc(CNc2cc(C(=O)O)ccc2Cl)cc(Br)c1OCc1ccc(Cl)cc1Cl. The molecule has 0 fully saturated rings. The van der Waals surface area contributed by atoms with E-state index in [4.69, 9.17) is 44.3 Å². The van der Waals surface area contributed by atoms with E-state index in [1.807, 2.05) is 25.1 Å². The lowest BCUT2D eigenvalue weighted by Crippen LogP contribution is -2.05. The monoisotopic (exact) mass is 557 g/mol. The summed E-state index contributed by atoms with van der Waals surface area (Å²) in [6.45, 7) is 2.97. The lowest BCUT2D eigenvalue weighted by molar-refractivity contribution is 0.0697. The van der Waals surface area contributed by atoms with Crippen LogP contribution in [0.1, 0.15) is 28.4 Å². The van der Waals surface area contributed by atoms with Gasteiger partial charge in [0.05, 0.1) is 27.4 Å². The van der Waals surface area contributed by atoms with E-state index in [1.54, 1.807) is 18.2 Å². The Bertz CT molecular complexity index is 1140. The van der Waals surface area contributed by atoms with Crippen molar-refractivity contribution >= 4 is 62.4 Å². The summed E-state index contributed by atoms with van der Waals surface area (Å²) in [6.07, 6.45) is 0. The van der Waals surface area contributed by atoms with Crippen LogP contribution < -0.4 is 14.8 Å². The van der Waals surface area contributed by atoms with Crippen LogP contribution in [0.15, 0.2) is 53.0 Å². The standard InChI is InChI=1S/C23H19BrCl3NO4/c1-2-31-21-8-13(11-28-20-9-14(23(29)30)4-6-18(20)26)7-17(24)22(21)32-12-15-3-5-16(25)10-19(15)27/h3-10,28H,2,11-12H2,1H3,(H,29,30). The molecule has 0 saturated carbocycles. The maximum absolute atomic E-state index is 11.2. The number of aromatic carboxylic acids is 1. The van der Waals surface area contributed by atoms with Gasteiger partial charge in [-0.2, -0.15) is 0 Å². The summed E-state index contributed by atoms with van der Waals surface area (Å²) in [7, 11) is 0. The summed E-state index contributed by atoms with van der Waals surface area (Å²) < 4.78 is 12.5. The van der Waals surface area contributed by atoms with Gasteiger partial charge in [0.15, 0.2) is 11.5 Å². The molecule has 3 aromatic rings. The van der Waals surface area contributed by atoms with Crippen LogP contribution in [0.5, 0.6) is 11.5 Å². The van der Waals surface area contributed by atoms with Crippen molar-refractivity contribution in [3.05, 3.63) is 84.8 Å². The third-order valence-corrected chi connectivity index (χ3v) is 5.96. The van der Waals surface area contributed by atoms with Gasteiger partial charge < -0.3 is 19.9 Å². The van der Waals surface area contributed by atoms with Gasteiger partial charge in [0.25, 0.3) is 0 Å². The maximum atomic E-state index is 11.2. The summed E-state index contributed by atoms with van der Waals surface area (Å²) >= 11 is 21.9. The van der Waals surface area contributed by atoms with Gasteiger partial charge in [0.1, 0.15) is 6.61 Å². The van der Waals surface area contributed by atoms with E-state index in [0.717, 1.165) is 11.1 Å². The Kier molecular flexibility index (Phi) is 8.54. The number of halogens is 4. The zero-order valence-corrected chi connectivity index (χ0v) is 20.8. The minimum absolute atomic E-state index is 0.151. The van der Waals surface area contributed by atoms with Crippen LogP contribution >= 0.6 is 50.7 Å². The molecule has 0 aliphatic carbocycles. The Balaban J connectivity index is 1.79. The van der Waals surface area contributed by atoms with Crippen molar-refractivity contribution in [1.29, 1.82) is 0 Å². The van der Waals surface area contributed by atoms with Crippen LogP contribution in [-0.2, 0) is 13.2 Å². The van der Waals surface area contributed by atoms with Crippen LogP contribution in [0.25, 0.3) is 0 Å². The fourth-order valence-corrected chi connectivity index (χ4v) is 4.16. The molecule has 2 N–H and O–H groups in total. The third kappa shape index (κ3) is 6.23. The zero-order valence-electron chi connectivity index (χ0n) is 16.9. The molecule has 3 rings (SSSR count). The van der Waals surface area contributed by atoms with Crippen LogP contribution in [0.3, 0.4) is 0 Å². The van der Waals surface area contributed by atoms with Crippen molar-refractivity contribution in [2.24, 2.45) is 0 Å². The van der Waals surface area contributed by atoms with Crippen molar-refractivity contribution in [2.75, 3.05) is 11.9 Å². The number of carboxylic acids is 1. The third-order valence-electron chi connectivity index (χ3n) is 4.45. The smallest absolute Gasteiger partial charge is 0.335 e. The summed E-state index contributed by atoms with van der Waals surface area (Å²) in [5.74, 6) is 0.0926. The fraction of sp³-hybridized carbons (Fsp3) is 0.174. The molecular weight excluding hydrogens is 541 g/mol. The normalized spacial score (nSPS) is 10.7. The number of carbonyl (C=O) groups is 1. The molecule has 5 nitrogen and oxygen atoms in total. The van der Waals surface area contributed by atoms with E-state index in [2.05, 4.69) is 21.2 Å². The first-order chi connectivity index (χ1) is 15.3. The summed E-state index contributed by atoms with van der Waals surface area (Å²) in [5, 5.41) is 13.9. The topological polar surface area (TPSA) is 67.8 Å². The predicted octanol–water partition coefficient (Wildman–Crippen LogP) is 7.70. The number of anilines is 1. The van der Waals surface area contributed by atoms with Crippen molar-refractivity contribution in [3.63, 3.8) is 0 Å². The van der Waals surface area contributed by atoms with E-state index in [0.29, 0.717) is 49.9 Å². The van der Waals surface area contributed by atoms with Crippen LogP contribution in [0, 0.1) is 0 Å². The molecule has 3 aromatic carbocycles. The van der Waals surface area contributed by atoms with Crippen LogP contribution in [-0.4, -0.2) is 17.7 Å². The minimum Gasteiger partial charge on any atom is -0.490 e. The average Bonchev–Trinajstić information content (AvgIpc) is 2.74. The molecule has 32 heavy (non-hydrogen) atoms. The number of rotatable bonds is 9. The molecule has 0 aliphatic rings. The highest BCUT2D eigenvalue weighted by Crippen LogP contribution is 2.38. The largest absolute Gasteiger partial charge is 0.490 e. The highest BCUT2D eigenvalue weighted by molar-refractivity contribution is 9.10. The predicted molar refractivity (Wildman–Crippen MR) is 132 cm³/mol. The summed E-state index contributed by atoms with van der Waals surface area (Å²) in [4.78, 5) is 11.2. The lowest BCUT2D eigenvalue weighted by Gasteiger charge is -2.17. The van der Waals surface area contributed by atoms with Crippen molar-refractivity contribution in [1.82, 2.24) is 0 Å². The molecule has 0 heterocycles. The number of carboxylic acid groups (broad SMARTS) is 1. The number of ether oxygens (including phenoxy) is 2. The molecule has 0 aromatic heterocycles. The fourth-order valence-electron chi connectivity index (χ4n) is 2.91. The first-order valence-electron chi connectivity index (χ1n) is 9.57. The molecule has 0 radical (unpaired) electrons. The van der Waals surface area contributed by atoms with Gasteiger partial charge in [0, 0.05) is 22.2 Å². The Morgan fingerprint density at radius 3 is 2.50 bits per heavy atom. The second-order valence-corrected chi connectivity index (χ2v) is 8.82. The van der Waals surface area contributed by atoms with Gasteiger partial charge in [0.2, 0.25) is 0 Å². The summed E-state index contributed by atoms with van der Waals surface area (Å²) in [5.41, 5.74) is 2.36. The molecule has 9 heteroatoms. The van der Waals surface area contributed by atoms with Crippen molar-refractivity contribution < 1.29 is 19.4 Å². The quantitative estimate of drug-likeness (QED) is 0.281. The van der Waals surface area contributed by atoms with Gasteiger partial charge in [-0.3, -0.25) is 0 Å². The lowest BCUT2D eigenvalue weighted by atomic mass is 10.1. The Labute approximate surface area is 209 Å². The number of hydrogen-bond acceptors (Lipinski definition) is 4. The van der Waals surface area contributed by atoms with Gasteiger partial charge in [-0.15, -0.1) is 0 Å². The molecule has 0 spiro atoms. The van der Waals surface area contributed by atoms with Crippen molar-refractivity contribution in [2.45, 2.75) is 20.1 Å². The Morgan fingerprint density at radius 2 is 1.81 bits per heavy atom.